The summed E-state index contributed by atoms with van der Waals surface area (Å²) < 4.78 is 26.3. The molecule has 10 rings (SSSR count). The quantitative estimate of drug-likeness (QED) is 0.148. The number of fused-ring (bicyclic) bond motifs is 8. The monoisotopic (exact) mass is 839 g/mol. The van der Waals surface area contributed by atoms with Crippen LogP contribution in [0.2, 0.25) is 5.02 Å². The smallest absolute Gasteiger partial charge is 0.227 e. The highest BCUT2D eigenvalue weighted by Gasteiger charge is 2.59. The second-order valence-corrected chi connectivity index (χ2v) is 20.2. The topological polar surface area (TPSA) is 96.3 Å². The Morgan fingerprint density at radius 1 is 0.900 bits per heavy atom. The number of nitrogens with zero attached hydrogens (tertiary/aromatic N) is 1. The number of benzene rings is 3. The van der Waals surface area contributed by atoms with Crippen LogP contribution in [0, 0.1) is 34.4 Å². The molecule has 6 bridgehead atoms. The molecule has 1 amide bonds. The predicted octanol–water partition coefficient (Wildman–Crippen LogP) is 10.2. The zero-order chi connectivity index (χ0) is 42.4. The first-order valence-corrected chi connectivity index (χ1v) is 22.7. The first kappa shape index (κ1) is 42.9. The number of Topliss-reactive ketones (excluding diaryl/α,β-unsaturated/α-hetero) is 1. The average molecular weight is 841 g/mol. The number of allylic oxidation sites excluding steroid dienone is 2. The number of halogens is 2. The van der Waals surface area contributed by atoms with Crippen molar-refractivity contribution in [2.75, 3.05) is 27.3 Å². The van der Waals surface area contributed by atoms with Gasteiger partial charge in [-0.05, 0) is 167 Å². The molecular weight excluding hydrogens is 777 g/mol. The molecule has 0 spiro atoms. The number of ether oxygens (including phenoxy) is 2. The van der Waals surface area contributed by atoms with E-state index in [1.165, 1.54) is 37.0 Å². The molecule has 3 aromatic rings. The number of rotatable bonds is 11. The van der Waals surface area contributed by atoms with E-state index in [1.54, 1.807) is 20.3 Å². The van der Waals surface area contributed by atoms with Gasteiger partial charge in [0, 0.05) is 41.1 Å². The third kappa shape index (κ3) is 8.55. The van der Waals surface area contributed by atoms with Crippen LogP contribution in [-0.4, -0.2) is 65.8 Å². The number of ketones is 1. The first-order chi connectivity index (χ1) is 28.7. The highest BCUT2D eigenvalue weighted by Crippen LogP contribution is 2.62. The van der Waals surface area contributed by atoms with Crippen molar-refractivity contribution in [2.45, 2.75) is 128 Å². The van der Waals surface area contributed by atoms with Gasteiger partial charge in [-0.25, -0.2) is 4.39 Å². The Morgan fingerprint density at radius 3 is 2.30 bits per heavy atom. The summed E-state index contributed by atoms with van der Waals surface area (Å²) in [4.78, 5) is 31.4. The summed E-state index contributed by atoms with van der Waals surface area (Å²) in [6.45, 7) is 5.11. The normalized spacial score (nSPS) is 31.0. The molecule has 9 heteroatoms. The van der Waals surface area contributed by atoms with Gasteiger partial charge in [-0.2, -0.15) is 0 Å². The molecule has 2 N–H and O–H groups in total. The Balaban J connectivity index is 1.17. The molecule has 7 aliphatic carbocycles. The van der Waals surface area contributed by atoms with E-state index in [-0.39, 0.29) is 53.0 Å². The third-order valence-electron chi connectivity index (χ3n) is 15.7. The lowest BCUT2D eigenvalue weighted by Crippen LogP contribution is -2.58. The minimum Gasteiger partial charge on any atom is -0.493 e. The van der Waals surface area contributed by atoms with E-state index in [0.717, 1.165) is 42.4 Å². The van der Waals surface area contributed by atoms with Gasteiger partial charge in [-0.15, -0.1) is 0 Å². The zero-order valence-corrected chi connectivity index (χ0v) is 36.7. The van der Waals surface area contributed by atoms with Crippen LogP contribution in [-0.2, 0) is 24.1 Å². The average Bonchev–Trinajstić information content (AvgIpc) is 3.45. The van der Waals surface area contributed by atoms with Crippen molar-refractivity contribution < 1.29 is 33.7 Å². The zero-order valence-electron chi connectivity index (χ0n) is 35.9. The standard InChI is InChI=1S/C51H63ClFNO6/c1-32-7-6-17-49(2)42(39-14-11-33(22-38(55)13-10-32)23-40(39)45(56)26-41-43(52)8-5-9-44(41)53)16-18-51(49,58)31-54(30-50-27-35-19-36(28-50)21-37(20-35)29-50)48(57)25-34-12-15-46(59-3)47(24-34)60-4/h5,7-9,11-12,14-15,23-24,35-38,42,55,58H,6,10,13,16-22,25-31H2,1-4H3. The van der Waals surface area contributed by atoms with Crippen molar-refractivity contribution in [3.05, 3.63) is 105 Å². The van der Waals surface area contributed by atoms with Crippen LogP contribution in [0.15, 0.2) is 66.2 Å². The summed E-state index contributed by atoms with van der Waals surface area (Å²) >= 11 is 6.46. The van der Waals surface area contributed by atoms with E-state index in [4.69, 9.17) is 21.1 Å². The maximum Gasteiger partial charge on any atom is 0.227 e. The van der Waals surface area contributed by atoms with E-state index in [0.29, 0.717) is 79.9 Å². The van der Waals surface area contributed by atoms with E-state index in [9.17, 15) is 19.8 Å². The number of methoxy groups -OCH3 is 2. The number of hydrogen-bond acceptors (Lipinski definition) is 6. The molecule has 4 atom stereocenters. The van der Waals surface area contributed by atoms with Gasteiger partial charge in [0.05, 0.1) is 32.3 Å². The van der Waals surface area contributed by atoms with Crippen LogP contribution >= 0.6 is 11.6 Å². The summed E-state index contributed by atoms with van der Waals surface area (Å²) in [5, 5.41) is 24.7. The van der Waals surface area contributed by atoms with Crippen molar-refractivity contribution in [3.8, 4) is 11.5 Å². The van der Waals surface area contributed by atoms with E-state index < -0.39 is 22.9 Å². The largest absolute Gasteiger partial charge is 0.493 e. The summed E-state index contributed by atoms with van der Waals surface area (Å²) in [5.74, 6) is 2.32. The lowest BCUT2D eigenvalue weighted by atomic mass is 9.49. The molecule has 0 aliphatic heterocycles. The molecule has 4 unspecified atom stereocenters. The number of carbonyl (C=O) groups is 2. The van der Waals surface area contributed by atoms with Crippen LogP contribution in [0.4, 0.5) is 4.39 Å². The van der Waals surface area contributed by atoms with Crippen molar-refractivity contribution in [1.82, 2.24) is 4.90 Å². The van der Waals surface area contributed by atoms with Crippen LogP contribution in [0.1, 0.15) is 129 Å². The van der Waals surface area contributed by atoms with Crippen molar-refractivity contribution in [3.63, 3.8) is 0 Å². The number of hydrogen-bond donors (Lipinski definition) is 2. The van der Waals surface area contributed by atoms with E-state index in [2.05, 4.69) is 19.9 Å². The Hall–Kier alpha value is -3.72. The van der Waals surface area contributed by atoms with Gasteiger partial charge in [-0.3, -0.25) is 9.59 Å². The molecule has 60 heavy (non-hydrogen) atoms. The molecule has 5 fully saturated rings. The van der Waals surface area contributed by atoms with Crippen LogP contribution in [0.3, 0.4) is 0 Å². The molecule has 7 nitrogen and oxygen atoms in total. The fourth-order valence-electron chi connectivity index (χ4n) is 12.9. The fourth-order valence-corrected chi connectivity index (χ4v) is 13.1. The Labute approximate surface area is 360 Å². The molecule has 0 saturated heterocycles. The molecule has 0 heterocycles. The van der Waals surface area contributed by atoms with Crippen LogP contribution in [0.25, 0.3) is 0 Å². The summed E-state index contributed by atoms with van der Waals surface area (Å²) in [5.41, 5.74) is 2.39. The van der Waals surface area contributed by atoms with Gasteiger partial charge in [-0.1, -0.05) is 54.4 Å². The van der Waals surface area contributed by atoms with Gasteiger partial charge in [0.2, 0.25) is 5.91 Å². The number of carbonyl (C=O) groups excluding carboxylic acids is 2. The maximum absolute atomic E-state index is 15.1. The minimum absolute atomic E-state index is 0.00406. The Kier molecular flexibility index (Phi) is 12.3. The molecular formula is C51H63ClFNO6. The summed E-state index contributed by atoms with van der Waals surface area (Å²) in [6.07, 6.45) is 13.1. The summed E-state index contributed by atoms with van der Waals surface area (Å²) in [7, 11) is 3.20. The molecule has 7 aliphatic rings. The van der Waals surface area contributed by atoms with Crippen LogP contribution < -0.4 is 9.47 Å². The number of aliphatic hydroxyl groups excluding tert-OH is 1. The van der Waals surface area contributed by atoms with Crippen molar-refractivity contribution in [1.29, 1.82) is 0 Å². The number of amides is 1. The second kappa shape index (κ2) is 17.2. The van der Waals surface area contributed by atoms with Gasteiger partial charge in [0.15, 0.2) is 17.3 Å². The van der Waals surface area contributed by atoms with E-state index >= 15 is 4.39 Å². The Morgan fingerprint density at radius 2 is 1.62 bits per heavy atom. The maximum atomic E-state index is 15.1. The highest BCUT2D eigenvalue weighted by atomic mass is 35.5. The van der Waals surface area contributed by atoms with Gasteiger partial charge >= 0.3 is 0 Å². The van der Waals surface area contributed by atoms with Gasteiger partial charge in [0.1, 0.15) is 5.82 Å². The molecule has 0 radical (unpaired) electrons. The Bertz CT molecular complexity index is 2080. The number of aliphatic hydroxyl groups is 2. The van der Waals surface area contributed by atoms with Gasteiger partial charge in [0.25, 0.3) is 0 Å². The lowest BCUT2D eigenvalue weighted by Gasteiger charge is -2.58. The predicted molar refractivity (Wildman–Crippen MR) is 233 cm³/mol. The third-order valence-corrected chi connectivity index (χ3v) is 16.0. The SMILES string of the molecule is COc1ccc(CC(=O)N(CC23CC4CC(CC(C4)C2)C3)CC2(O)CCC3c4ccc(cc4C(=O)Cc4c(F)cccc4Cl)CC(O)CCC(C)=CCCC32C)cc1OC. The molecule has 3 aromatic carbocycles. The van der Waals surface area contributed by atoms with E-state index in [1.807, 2.05) is 41.3 Å². The molecule has 322 valence electrons. The van der Waals surface area contributed by atoms with Gasteiger partial charge < -0.3 is 24.6 Å². The molecule has 5 saturated carbocycles. The second-order valence-electron chi connectivity index (χ2n) is 19.8. The van der Waals surface area contributed by atoms with Crippen LogP contribution in [0.5, 0.6) is 11.5 Å². The van der Waals surface area contributed by atoms with Crippen molar-refractivity contribution >= 4 is 23.3 Å². The lowest BCUT2D eigenvalue weighted by molar-refractivity contribution is -0.148. The minimum atomic E-state index is -1.27. The molecule has 0 aromatic heterocycles. The highest BCUT2D eigenvalue weighted by molar-refractivity contribution is 6.31. The first-order valence-electron chi connectivity index (χ1n) is 22.3. The fraction of sp³-hybridized carbons (Fsp3) is 0.569. The van der Waals surface area contributed by atoms with Crippen molar-refractivity contribution in [2.24, 2.45) is 28.6 Å². The summed E-state index contributed by atoms with van der Waals surface area (Å²) in [6, 6.07) is 16.0.